The lowest BCUT2D eigenvalue weighted by molar-refractivity contribution is 0.203. The molecule has 6 nitrogen and oxygen atoms in total. The molecular formula is C22H28N6. The zero-order valence-corrected chi connectivity index (χ0v) is 16.9. The Morgan fingerprint density at radius 2 is 1.96 bits per heavy atom. The molecule has 28 heavy (non-hydrogen) atoms. The maximum absolute atomic E-state index is 4.83. The quantitative estimate of drug-likeness (QED) is 0.731. The second-order valence-corrected chi connectivity index (χ2v) is 7.69. The van der Waals surface area contributed by atoms with E-state index in [0.717, 1.165) is 49.7 Å². The van der Waals surface area contributed by atoms with Crippen LogP contribution in [0.25, 0.3) is 0 Å². The minimum Gasteiger partial charge on any atom is -0.340 e. The van der Waals surface area contributed by atoms with Crippen molar-refractivity contribution in [1.82, 2.24) is 24.6 Å². The summed E-state index contributed by atoms with van der Waals surface area (Å²) in [6.07, 6.45) is 6.08. The van der Waals surface area contributed by atoms with Gasteiger partial charge in [-0.15, -0.1) is 0 Å². The molecule has 1 saturated heterocycles. The van der Waals surface area contributed by atoms with Crippen LogP contribution < -0.4 is 5.32 Å². The van der Waals surface area contributed by atoms with Crippen LogP contribution in [0, 0.1) is 13.8 Å². The first-order chi connectivity index (χ1) is 13.6. The zero-order valence-electron chi connectivity index (χ0n) is 16.9. The van der Waals surface area contributed by atoms with Crippen molar-refractivity contribution >= 4 is 11.5 Å². The largest absolute Gasteiger partial charge is 0.340 e. The highest BCUT2D eigenvalue weighted by molar-refractivity contribution is 5.56. The summed E-state index contributed by atoms with van der Waals surface area (Å²) in [4.78, 5) is 11.7. The highest BCUT2D eigenvalue weighted by Gasteiger charge is 2.23. The van der Waals surface area contributed by atoms with Crippen molar-refractivity contribution in [3.05, 3.63) is 65.4 Å². The predicted molar refractivity (Wildman–Crippen MR) is 112 cm³/mol. The van der Waals surface area contributed by atoms with Gasteiger partial charge in [0.1, 0.15) is 5.82 Å². The van der Waals surface area contributed by atoms with Crippen molar-refractivity contribution < 1.29 is 0 Å². The number of likely N-dealkylation sites (tertiary alicyclic amines) is 1. The average molecular weight is 377 g/mol. The van der Waals surface area contributed by atoms with E-state index in [4.69, 9.17) is 4.98 Å². The number of piperidine rings is 1. The van der Waals surface area contributed by atoms with Crippen LogP contribution in [0.5, 0.6) is 0 Å². The second kappa shape index (κ2) is 8.10. The molecule has 0 spiro atoms. The Labute approximate surface area is 166 Å². The van der Waals surface area contributed by atoms with Crippen LogP contribution in [0.4, 0.5) is 11.5 Å². The molecule has 0 radical (unpaired) electrons. The predicted octanol–water partition coefficient (Wildman–Crippen LogP) is 3.95. The summed E-state index contributed by atoms with van der Waals surface area (Å²) in [6.45, 7) is 7.38. The maximum atomic E-state index is 4.83. The number of aryl methyl sites for hydroxylation is 2. The molecule has 0 aliphatic carbocycles. The molecular weight excluding hydrogens is 348 g/mol. The van der Waals surface area contributed by atoms with Gasteiger partial charge in [-0.1, -0.05) is 6.07 Å². The van der Waals surface area contributed by atoms with Gasteiger partial charge in [0.05, 0.1) is 6.20 Å². The van der Waals surface area contributed by atoms with E-state index in [9.17, 15) is 0 Å². The van der Waals surface area contributed by atoms with Crippen LogP contribution in [0.1, 0.15) is 41.4 Å². The fourth-order valence-corrected chi connectivity index (χ4v) is 3.89. The molecule has 1 N–H and O–H groups in total. The lowest BCUT2D eigenvalue weighted by atomic mass is 9.92. The van der Waals surface area contributed by atoms with Gasteiger partial charge in [0.25, 0.3) is 0 Å². The summed E-state index contributed by atoms with van der Waals surface area (Å²) in [5, 5.41) is 7.77. The summed E-state index contributed by atoms with van der Waals surface area (Å²) in [5.41, 5.74) is 5.89. The summed E-state index contributed by atoms with van der Waals surface area (Å²) < 4.78 is 1.95. The Kier molecular flexibility index (Phi) is 5.39. The molecule has 0 aromatic carbocycles. The van der Waals surface area contributed by atoms with Crippen molar-refractivity contribution in [3.63, 3.8) is 0 Å². The van der Waals surface area contributed by atoms with Crippen LogP contribution in [0.3, 0.4) is 0 Å². The Morgan fingerprint density at radius 1 is 1.14 bits per heavy atom. The van der Waals surface area contributed by atoms with E-state index in [-0.39, 0.29) is 0 Å². The number of anilines is 2. The van der Waals surface area contributed by atoms with E-state index in [1.807, 2.05) is 36.1 Å². The number of hydrogen-bond acceptors (Lipinski definition) is 5. The lowest BCUT2D eigenvalue weighted by Crippen LogP contribution is -2.32. The van der Waals surface area contributed by atoms with Gasteiger partial charge in [0.15, 0.2) is 0 Å². The summed E-state index contributed by atoms with van der Waals surface area (Å²) >= 11 is 0. The lowest BCUT2D eigenvalue weighted by Gasteiger charge is -2.31. The molecule has 1 aliphatic heterocycles. The van der Waals surface area contributed by atoms with E-state index in [1.54, 1.807) is 6.20 Å². The van der Waals surface area contributed by atoms with Crippen molar-refractivity contribution in [2.24, 2.45) is 7.05 Å². The molecule has 0 bridgehead atoms. The first kappa shape index (κ1) is 18.6. The minimum absolute atomic E-state index is 0.510. The van der Waals surface area contributed by atoms with Crippen molar-refractivity contribution in [3.8, 4) is 0 Å². The number of nitrogens with zero attached hydrogens (tertiary/aromatic N) is 5. The summed E-state index contributed by atoms with van der Waals surface area (Å²) in [6, 6.07) is 10.2. The standard InChI is InChI=1S/C22H28N6/c1-16-12-20(26-22-6-4-5-9-23-22)13-21(25-16)18-7-10-28(11-8-18)15-19-14-24-27(3)17(19)2/h4-6,9,12-14,18H,7-8,10-11,15H2,1-3H3,(H,23,25,26). The van der Waals surface area contributed by atoms with Crippen molar-refractivity contribution in [2.45, 2.75) is 39.2 Å². The van der Waals surface area contributed by atoms with Crippen LogP contribution in [0.15, 0.2) is 42.7 Å². The first-order valence-corrected chi connectivity index (χ1v) is 9.95. The number of aromatic nitrogens is 4. The van der Waals surface area contributed by atoms with Gasteiger partial charge < -0.3 is 5.32 Å². The van der Waals surface area contributed by atoms with Gasteiger partial charge in [0.2, 0.25) is 0 Å². The molecule has 0 amide bonds. The smallest absolute Gasteiger partial charge is 0.130 e. The molecule has 3 aromatic rings. The molecule has 0 unspecified atom stereocenters. The van der Waals surface area contributed by atoms with Crippen LogP contribution in [0.2, 0.25) is 0 Å². The van der Waals surface area contributed by atoms with E-state index in [0.29, 0.717) is 5.92 Å². The third kappa shape index (κ3) is 4.22. The maximum Gasteiger partial charge on any atom is 0.130 e. The fourth-order valence-electron chi connectivity index (χ4n) is 3.89. The fraction of sp³-hybridized carbons (Fsp3) is 0.409. The highest BCUT2D eigenvalue weighted by Crippen LogP contribution is 2.30. The normalized spacial score (nSPS) is 15.7. The third-order valence-corrected chi connectivity index (χ3v) is 5.65. The van der Waals surface area contributed by atoms with E-state index in [2.05, 4.69) is 46.3 Å². The Balaban J connectivity index is 1.41. The molecule has 1 fully saturated rings. The number of pyridine rings is 2. The Bertz CT molecular complexity index is 925. The molecule has 4 heterocycles. The molecule has 0 atom stereocenters. The van der Waals surface area contributed by atoms with Crippen LogP contribution in [-0.4, -0.2) is 37.7 Å². The van der Waals surface area contributed by atoms with Gasteiger partial charge in [-0.2, -0.15) is 5.10 Å². The number of rotatable bonds is 5. The van der Waals surface area contributed by atoms with Gasteiger partial charge in [-0.3, -0.25) is 14.6 Å². The molecule has 0 saturated carbocycles. The Hall–Kier alpha value is -2.73. The molecule has 3 aromatic heterocycles. The average Bonchev–Trinajstić information content (AvgIpc) is 3.01. The first-order valence-electron chi connectivity index (χ1n) is 9.95. The van der Waals surface area contributed by atoms with Crippen molar-refractivity contribution in [2.75, 3.05) is 18.4 Å². The van der Waals surface area contributed by atoms with E-state index < -0.39 is 0 Å². The van der Waals surface area contributed by atoms with Crippen molar-refractivity contribution in [1.29, 1.82) is 0 Å². The SMILES string of the molecule is Cc1cc(Nc2ccccn2)cc(C2CCN(Cc3cnn(C)c3C)CC2)n1. The van der Waals surface area contributed by atoms with Crippen LogP contribution in [-0.2, 0) is 13.6 Å². The third-order valence-electron chi connectivity index (χ3n) is 5.65. The van der Waals surface area contributed by atoms with E-state index >= 15 is 0 Å². The Morgan fingerprint density at radius 3 is 2.64 bits per heavy atom. The van der Waals surface area contributed by atoms with Gasteiger partial charge in [0, 0.05) is 54.0 Å². The number of nitrogens with one attached hydrogen (secondary N) is 1. The monoisotopic (exact) mass is 376 g/mol. The van der Waals surface area contributed by atoms with Gasteiger partial charge >= 0.3 is 0 Å². The molecule has 4 rings (SSSR count). The zero-order chi connectivity index (χ0) is 19.5. The topological polar surface area (TPSA) is 58.9 Å². The minimum atomic E-state index is 0.510. The molecule has 6 heteroatoms. The molecule has 1 aliphatic rings. The van der Waals surface area contributed by atoms with E-state index in [1.165, 1.54) is 17.0 Å². The number of hydrogen-bond donors (Lipinski definition) is 1. The second-order valence-electron chi connectivity index (χ2n) is 7.69. The van der Waals surface area contributed by atoms with Gasteiger partial charge in [-0.05, 0) is 64.0 Å². The van der Waals surface area contributed by atoms with Crippen LogP contribution >= 0.6 is 0 Å². The summed E-state index contributed by atoms with van der Waals surface area (Å²) in [5.74, 6) is 1.37. The van der Waals surface area contributed by atoms with Gasteiger partial charge in [-0.25, -0.2) is 4.98 Å². The molecule has 146 valence electrons. The highest BCUT2D eigenvalue weighted by atomic mass is 15.3. The summed E-state index contributed by atoms with van der Waals surface area (Å²) in [7, 11) is 2.01.